The molecule has 2 aliphatic rings. The minimum atomic E-state index is -3.81. The van der Waals surface area contributed by atoms with E-state index in [1.807, 2.05) is 4.72 Å². The van der Waals surface area contributed by atoms with E-state index < -0.39 is 16.1 Å². The van der Waals surface area contributed by atoms with Crippen molar-refractivity contribution in [1.82, 2.24) is 4.72 Å². The van der Waals surface area contributed by atoms with Crippen LogP contribution in [-0.2, 0) is 40.5 Å². The summed E-state index contributed by atoms with van der Waals surface area (Å²) in [6.07, 6.45) is 5.87. The molecule has 0 spiro atoms. The van der Waals surface area contributed by atoms with E-state index >= 15 is 0 Å². The summed E-state index contributed by atoms with van der Waals surface area (Å²) in [6, 6.07) is 1.50. The molecule has 0 radical (unpaired) electrons. The van der Waals surface area contributed by atoms with Crippen LogP contribution < -0.4 is 10.0 Å². The van der Waals surface area contributed by atoms with Crippen LogP contribution in [0.2, 0.25) is 0 Å². The van der Waals surface area contributed by atoms with Crippen molar-refractivity contribution < 1.29 is 18.0 Å². The van der Waals surface area contributed by atoms with E-state index in [1.54, 1.807) is 0 Å². The van der Waals surface area contributed by atoms with Gasteiger partial charge in [-0.05, 0) is 67.7 Å². The summed E-state index contributed by atoms with van der Waals surface area (Å²) in [5.74, 6) is -0.597. The molecule has 0 unspecified atom stereocenters. The standard InChI is InChI=1S/C17H22N2O4S/c1-11(20)8-9-24(22,23)19-17(21)18-16-14-6-2-4-12(14)10-13-5-3-7-15(13)16/h10H,2-9H2,1H3,(H2,18,19,21). The Morgan fingerprint density at radius 1 is 1.04 bits per heavy atom. The third kappa shape index (κ3) is 3.61. The van der Waals surface area contributed by atoms with Gasteiger partial charge in [0.1, 0.15) is 5.78 Å². The molecule has 0 heterocycles. The van der Waals surface area contributed by atoms with Crippen molar-refractivity contribution >= 4 is 27.5 Å². The highest BCUT2D eigenvalue weighted by Gasteiger charge is 2.25. The van der Waals surface area contributed by atoms with Gasteiger partial charge in [-0.1, -0.05) is 6.07 Å². The lowest BCUT2D eigenvalue weighted by Crippen LogP contribution is -2.36. The average molecular weight is 350 g/mol. The molecular formula is C17H22N2O4S. The van der Waals surface area contributed by atoms with Gasteiger partial charge in [0, 0.05) is 12.1 Å². The molecule has 0 fully saturated rings. The minimum absolute atomic E-state index is 0.0985. The van der Waals surface area contributed by atoms with Gasteiger partial charge in [0.2, 0.25) is 10.0 Å². The Morgan fingerprint density at radius 2 is 1.62 bits per heavy atom. The number of amides is 2. The number of rotatable bonds is 5. The van der Waals surface area contributed by atoms with Crippen LogP contribution in [0.5, 0.6) is 0 Å². The van der Waals surface area contributed by atoms with Crippen LogP contribution in [0.3, 0.4) is 0 Å². The highest BCUT2D eigenvalue weighted by atomic mass is 32.2. The van der Waals surface area contributed by atoms with E-state index in [4.69, 9.17) is 0 Å². The lowest BCUT2D eigenvalue weighted by atomic mass is 9.99. The molecule has 2 amide bonds. The lowest BCUT2D eigenvalue weighted by Gasteiger charge is -2.16. The van der Waals surface area contributed by atoms with Crippen LogP contribution in [0.15, 0.2) is 6.07 Å². The molecule has 0 atom stereocenters. The van der Waals surface area contributed by atoms with E-state index in [9.17, 15) is 18.0 Å². The van der Waals surface area contributed by atoms with Gasteiger partial charge in [-0.15, -0.1) is 0 Å². The maximum absolute atomic E-state index is 12.2. The summed E-state index contributed by atoms with van der Waals surface area (Å²) < 4.78 is 25.8. The number of hydrogen-bond acceptors (Lipinski definition) is 4. The number of Topliss-reactive ketones (excluding diaryl/α,β-unsaturated/α-hetero) is 1. The lowest BCUT2D eigenvalue weighted by molar-refractivity contribution is -0.116. The number of ketones is 1. The van der Waals surface area contributed by atoms with Crippen LogP contribution in [0, 0.1) is 0 Å². The number of anilines is 1. The molecule has 7 heteroatoms. The molecule has 0 aliphatic heterocycles. The van der Waals surface area contributed by atoms with Crippen molar-refractivity contribution in [2.45, 2.75) is 51.9 Å². The second-order valence-electron chi connectivity index (χ2n) is 6.56. The number of nitrogens with one attached hydrogen (secondary N) is 2. The summed E-state index contributed by atoms with van der Waals surface area (Å²) in [5.41, 5.74) is 5.63. The summed E-state index contributed by atoms with van der Waals surface area (Å²) in [6.45, 7) is 1.33. The molecule has 2 N–H and O–H groups in total. The molecule has 0 bridgehead atoms. The maximum atomic E-state index is 12.2. The number of sulfonamides is 1. The predicted octanol–water partition coefficient (Wildman–Crippen LogP) is 2.09. The third-order valence-corrected chi connectivity index (χ3v) is 5.92. The monoisotopic (exact) mass is 350 g/mol. The molecule has 0 saturated heterocycles. The molecule has 0 saturated carbocycles. The molecule has 0 aromatic heterocycles. The van der Waals surface area contributed by atoms with Gasteiger partial charge in [0.15, 0.2) is 0 Å². The van der Waals surface area contributed by atoms with Crippen molar-refractivity contribution in [2.75, 3.05) is 11.1 Å². The zero-order chi connectivity index (χ0) is 17.3. The van der Waals surface area contributed by atoms with Crippen molar-refractivity contribution in [3.05, 3.63) is 28.3 Å². The largest absolute Gasteiger partial charge is 0.332 e. The van der Waals surface area contributed by atoms with Crippen LogP contribution in [0.25, 0.3) is 0 Å². The van der Waals surface area contributed by atoms with Crippen molar-refractivity contribution in [2.24, 2.45) is 0 Å². The van der Waals surface area contributed by atoms with Gasteiger partial charge in [-0.25, -0.2) is 17.9 Å². The molecule has 6 nitrogen and oxygen atoms in total. The normalized spacial score (nSPS) is 15.7. The Balaban J connectivity index is 1.77. The van der Waals surface area contributed by atoms with E-state index in [-0.39, 0.29) is 18.0 Å². The van der Waals surface area contributed by atoms with E-state index in [1.165, 1.54) is 18.1 Å². The van der Waals surface area contributed by atoms with Crippen LogP contribution in [0.4, 0.5) is 10.5 Å². The van der Waals surface area contributed by atoms with Crippen LogP contribution in [0.1, 0.15) is 48.4 Å². The fourth-order valence-corrected chi connectivity index (χ4v) is 4.57. The van der Waals surface area contributed by atoms with Gasteiger partial charge in [0.05, 0.1) is 5.75 Å². The number of urea groups is 1. The maximum Gasteiger partial charge on any atom is 0.332 e. The van der Waals surface area contributed by atoms with Crippen molar-refractivity contribution in [3.8, 4) is 0 Å². The van der Waals surface area contributed by atoms with Gasteiger partial charge in [-0.2, -0.15) is 0 Å². The molecule has 1 aromatic carbocycles. The number of carbonyl (C=O) groups excluding carboxylic acids is 2. The van der Waals surface area contributed by atoms with Crippen molar-refractivity contribution in [1.29, 1.82) is 0 Å². The Morgan fingerprint density at radius 3 is 2.17 bits per heavy atom. The Labute approximate surface area is 142 Å². The summed E-state index contributed by atoms with van der Waals surface area (Å²) >= 11 is 0. The first-order valence-corrected chi connectivity index (χ1v) is 9.98. The number of carbonyl (C=O) groups is 2. The zero-order valence-electron chi connectivity index (χ0n) is 13.8. The Kier molecular flexibility index (Phi) is 4.62. The smallest absolute Gasteiger partial charge is 0.307 e. The summed E-state index contributed by atoms with van der Waals surface area (Å²) in [7, 11) is -3.81. The number of benzene rings is 1. The Hall–Kier alpha value is -1.89. The van der Waals surface area contributed by atoms with E-state index in [2.05, 4.69) is 11.4 Å². The van der Waals surface area contributed by atoms with Crippen molar-refractivity contribution in [3.63, 3.8) is 0 Å². The van der Waals surface area contributed by atoms with Crippen LogP contribution >= 0.6 is 0 Å². The third-order valence-electron chi connectivity index (χ3n) is 4.68. The number of fused-ring (bicyclic) bond motifs is 2. The highest BCUT2D eigenvalue weighted by Crippen LogP contribution is 2.38. The SMILES string of the molecule is CC(=O)CCS(=O)(=O)NC(=O)Nc1c2c(cc3c1CCC3)CCC2. The zero-order valence-corrected chi connectivity index (χ0v) is 14.6. The van der Waals surface area contributed by atoms with Gasteiger partial charge < -0.3 is 5.32 Å². The minimum Gasteiger partial charge on any atom is -0.307 e. The predicted molar refractivity (Wildman–Crippen MR) is 91.7 cm³/mol. The highest BCUT2D eigenvalue weighted by molar-refractivity contribution is 7.90. The fourth-order valence-electron chi connectivity index (χ4n) is 3.58. The summed E-state index contributed by atoms with van der Waals surface area (Å²) in [5, 5.41) is 2.77. The molecule has 130 valence electrons. The Bertz CT molecular complexity index is 767. The quantitative estimate of drug-likeness (QED) is 0.850. The van der Waals surface area contributed by atoms with Gasteiger partial charge >= 0.3 is 6.03 Å². The number of aryl methyl sites for hydroxylation is 2. The second-order valence-corrected chi connectivity index (χ2v) is 8.40. The first kappa shape index (κ1) is 17.0. The molecule has 24 heavy (non-hydrogen) atoms. The fraction of sp³-hybridized carbons (Fsp3) is 0.529. The first-order valence-electron chi connectivity index (χ1n) is 8.33. The second kappa shape index (κ2) is 6.55. The molecule has 1 aromatic rings. The average Bonchev–Trinajstić information content (AvgIpc) is 3.13. The number of hydrogen-bond donors (Lipinski definition) is 2. The van der Waals surface area contributed by atoms with Crippen LogP contribution in [-0.4, -0.2) is 26.0 Å². The molecule has 3 rings (SSSR count). The topological polar surface area (TPSA) is 92.3 Å². The van der Waals surface area contributed by atoms with E-state index in [0.717, 1.165) is 55.3 Å². The molecule has 2 aliphatic carbocycles. The first-order chi connectivity index (χ1) is 11.4. The molecular weight excluding hydrogens is 328 g/mol. The summed E-state index contributed by atoms with van der Waals surface area (Å²) in [4.78, 5) is 23.1. The van der Waals surface area contributed by atoms with E-state index in [0.29, 0.717) is 0 Å². The van der Waals surface area contributed by atoms with Gasteiger partial charge in [-0.3, -0.25) is 4.79 Å². The van der Waals surface area contributed by atoms with Gasteiger partial charge in [0.25, 0.3) is 0 Å².